The van der Waals surface area contributed by atoms with Gasteiger partial charge in [-0.05, 0) is 13.8 Å². The summed E-state index contributed by atoms with van der Waals surface area (Å²) in [7, 11) is 0. The zero-order valence-corrected chi connectivity index (χ0v) is 15.4. The lowest BCUT2D eigenvalue weighted by atomic mass is 10.0. The van der Waals surface area contributed by atoms with E-state index in [0.717, 1.165) is 22.8 Å². The molecular weight excluding hydrogens is 379 g/mol. The smallest absolute Gasteiger partial charge is 0.413 e. The maximum Gasteiger partial charge on any atom is 0.413 e. The molecule has 0 spiro atoms. The van der Waals surface area contributed by atoms with E-state index in [1.807, 2.05) is 11.8 Å². The van der Waals surface area contributed by atoms with E-state index >= 15 is 0 Å². The van der Waals surface area contributed by atoms with Gasteiger partial charge >= 0.3 is 6.18 Å². The van der Waals surface area contributed by atoms with Crippen molar-refractivity contribution in [2.45, 2.75) is 44.7 Å². The Kier molecular flexibility index (Phi) is 4.36. The second-order valence-electron chi connectivity index (χ2n) is 7.28. The van der Waals surface area contributed by atoms with Crippen LogP contribution in [0.2, 0.25) is 0 Å². The lowest BCUT2D eigenvalue weighted by molar-refractivity contribution is -0.182. The predicted molar refractivity (Wildman–Crippen MR) is 93.3 cm³/mol. The van der Waals surface area contributed by atoms with Crippen molar-refractivity contribution in [2.24, 2.45) is 0 Å². The van der Waals surface area contributed by atoms with E-state index < -0.39 is 23.8 Å². The van der Waals surface area contributed by atoms with Crippen LogP contribution >= 0.6 is 0 Å². The molecule has 2 aliphatic heterocycles. The molecule has 4 heterocycles. The molecule has 8 nitrogen and oxygen atoms in total. The van der Waals surface area contributed by atoms with E-state index in [1.54, 1.807) is 0 Å². The number of aromatic nitrogens is 3. The third-order valence-electron chi connectivity index (χ3n) is 5.35. The minimum Gasteiger partial charge on any atom is -0.447 e. The highest BCUT2D eigenvalue weighted by Crippen LogP contribution is 2.44. The van der Waals surface area contributed by atoms with Crippen LogP contribution in [0.15, 0.2) is 27.9 Å². The van der Waals surface area contributed by atoms with Crippen molar-refractivity contribution in [1.29, 1.82) is 0 Å². The molecular formula is C17H20F3N5O3. The molecule has 0 bridgehead atoms. The summed E-state index contributed by atoms with van der Waals surface area (Å²) < 4.78 is 53.5. The van der Waals surface area contributed by atoms with Crippen molar-refractivity contribution < 1.29 is 22.3 Å². The summed E-state index contributed by atoms with van der Waals surface area (Å²) in [5.41, 5.74) is -2.82. The van der Waals surface area contributed by atoms with Gasteiger partial charge in [0.2, 0.25) is 5.95 Å². The molecule has 0 N–H and O–H groups in total. The van der Waals surface area contributed by atoms with E-state index in [-0.39, 0.29) is 24.3 Å². The molecule has 4 rings (SSSR count). The summed E-state index contributed by atoms with van der Waals surface area (Å²) in [5, 5.41) is 0. The van der Waals surface area contributed by atoms with Crippen LogP contribution in [0, 0.1) is 0 Å². The van der Waals surface area contributed by atoms with Crippen molar-refractivity contribution in [3.63, 3.8) is 0 Å². The summed E-state index contributed by atoms with van der Waals surface area (Å²) >= 11 is 0. The van der Waals surface area contributed by atoms with Gasteiger partial charge in [-0.25, -0.2) is 4.98 Å². The first-order valence-corrected chi connectivity index (χ1v) is 8.89. The number of fused-ring (bicyclic) bond motifs is 1. The Morgan fingerprint density at radius 2 is 2.18 bits per heavy atom. The van der Waals surface area contributed by atoms with Crippen LogP contribution in [0.4, 0.5) is 24.9 Å². The zero-order chi connectivity index (χ0) is 20.1. The number of anilines is 2. The Morgan fingerprint density at radius 1 is 1.39 bits per heavy atom. The van der Waals surface area contributed by atoms with Gasteiger partial charge < -0.3 is 19.0 Å². The van der Waals surface area contributed by atoms with Gasteiger partial charge in [-0.1, -0.05) is 0 Å². The van der Waals surface area contributed by atoms with Crippen molar-refractivity contribution in [2.75, 3.05) is 29.6 Å². The van der Waals surface area contributed by atoms with Gasteiger partial charge in [0.25, 0.3) is 5.56 Å². The first-order chi connectivity index (χ1) is 13.2. The average Bonchev–Trinajstić information content (AvgIpc) is 3.23. The predicted octanol–water partition coefficient (Wildman–Crippen LogP) is 1.80. The fraction of sp³-hybridized carbons (Fsp3) is 0.588. The van der Waals surface area contributed by atoms with Crippen LogP contribution < -0.4 is 15.4 Å². The SMILES string of the molecule is C[C@@H]1COCCN1c1cc(=O)n2c(n1)N(Cc1cnco1)[C@](C)(C(F)(F)F)C2. The number of morpholine rings is 1. The van der Waals surface area contributed by atoms with E-state index in [0.29, 0.717) is 25.6 Å². The molecule has 2 aliphatic rings. The van der Waals surface area contributed by atoms with E-state index in [4.69, 9.17) is 9.15 Å². The first kappa shape index (κ1) is 18.8. The van der Waals surface area contributed by atoms with Gasteiger partial charge in [-0.15, -0.1) is 0 Å². The number of hydrogen-bond acceptors (Lipinski definition) is 7. The second-order valence-corrected chi connectivity index (χ2v) is 7.28. The maximum absolute atomic E-state index is 14.0. The maximum atomic E-state index is 14.0. The third kappa shape index (κ3) is 2.93. The van der Waals surface area contributed by atoms with Gasteiger partial charge in [0.15, 0.2) is 11.9 Å². The molecule has 11 heteroatoms. The minimum absolute atomic E-state index is 0.0302. The molecule has 0 saturated carbocycles. The number of nitrogens with zero attached hydrogens (tertiary/aromatic N) is 5. The monoisotopic (exact) mass is 399 g/mol. The minimum atomic E-state index is -4.58. The average molecular weight is 399 g/mol. The molecule has 2 atom stereocenters. The zero-order valence-electron chi connectivity index (χ0n) is 15.4. The van der Waals surface area contributed by atoms with Crippen LogP contribution in [-0.4, -0.2) is 52.1 Å². The first-order valence-electron chi connectivity index (χ1n) is 8.89. The highest BCUT2D eigenvalue weighted by molar-refractivity contribution is 5.50. The van der Waals surface area contributed by atoms with Crippen molar-refractivity contribution in [3.05, 3.63) is 34.8 Å². The lowest BCUT2D eigenvalue weighted by Gasteiger charge is -2.37. The molecule has 1 fully saturated rings. The van der Waals surface area contributed by atoms with Crippen LogP contribution in [0.5, 0.6) is 0 Å². The Labute approximate surface area is 158 Å². The summed E-state index contributed by atoms with van der Waals surface area (Å²) in [6.45, 7) is 3.67. The fourth-order valence-electron chi connectivity index (χ4n) is 3.63. The van der Waals surface area contributed by atoms with Crippen molar-refractivity contribution in [1.82, 2.24) is 14.5 Å². The van der Waals surface area contributed by atoms with Gasteiger partial charge in [0.05, 0.1) is 38.5 Å². The van der Waals surface area contributed by atoms with E-state index in [2.05, 4.69) is 9.97 Å². The Hall–Kier alpha value is -2.56. The summed E-state index contributed by atoms with van der Waals surface area (Å²) in [6.07, 6.45) is -2.08. The number of hydrogen-bond donors (Lipinski definition) is 0. The molecule has 0 aromatic carbocycles. The quantitative estimate of drug-likeness (QED) is 0.779. The van der Waals surface area contributed by atoms with Crippen LogP contribution in [0.3, 0.4) is 0 Å². The highest BCUT2D eigenvalue weighted by atomic mass is 19.4. The molecule has 0 amide bonds. The molecule has 2 aromatic rings. The van der Waals surface area contributed by atoms with Gasteiger partial charge in [0.1, 0.15) is 11.6 Å². The van der Waals surface area contributed by atoms with Crippen LogP contribution in [0.1, 0.15) is 19.6 Å². The number of oxazole rings is 1. The number of halogens is 3. The Balaban J connectivity index is 1.81. The lowest BCUT2D eigenvalue weighted by Crippen LogP contribution is -2.55. The standard InChI is InChI=1S/C17H20F3N5O3/c1-11-8-27-4-3-23(11)13-5-14(26)24-9-16(2,17(18,19)20)25(15(24)22-13)7-12-6-21-10-28-12/h5-6,10-11H,3-4,7-9H2,1-2H3/t11-,16+/m1/s1. The summed E-state index contributed by atoms with van der Waals surface area (Å²) in [4.78, 5) is 23.8. The number of alkyl halides is 3. The molecule has 152 valence electrons. The fourth-order valence-corrected chi connectivity index (χ4v) is 3.63. The third-order valence-corrected chi connectivity index (χ3v) is 5.35. The molecule has 28 heavy (non-hydrogen) atoms. The summed E-state index contributed by atoms with van der Waals surface area (Å²) in [5.74, 6) is 0.571. The molecule has 0 radical (unpaired) electrons. The van der Waals surface area contributed by atoms with Crippen molar-refractivity contribution >= 4 is 11.8 Å². The number of rotatable bonds is 3. The van der Waals surface area contributed by atoms with Gasteiger partial charge in [0, 0.05) is 12.6 Å². The van der Waals surface area contributed by atoms with Crippen LogP contribution in [-0.2, 0) is 17.8 Å². The second kappa shape index (κ2) is 6.50. The van der Waals surface area contributed by atoms with Crippen LogP contribution in [0.25, 0.3) is 0 Å². The molecule has 1 saturated heterocycles. The molecule has 0 aliphatic carbocycles. The summed E-state index contributed by atoms with van der Waals surface area (Å²) in [6, 6.07) is 1.25. The van der Waals surface area contributed by atoms with Gasteiger partial charge in [-0.2, -0.15) is 18.2 Å². The Bertz CT molecular complexity index is 914. The van der Waals surface area contributed by atoms with E-state index in [1.165, 1.54) is 12.3 Å². The molecule has 2 aromatic heterocycles. The van der Waals surface area contributed by atoms with E-state index in [9.17, 15) is 18.0 Å². The highest BCUT2D eigenvalue weighted by Gasteiger charge is 2.60. The largest absolute Gasteiger partial charge is 0.447 e. The normalized spacial score (nSPS) is 25.2. The topological polar surface area (TPSA) is 76.6 Å². The molecule has 0 unspecified atom stereocenters. The number of ether oxygens (including phenoxy) is 1. The van der Waals surface area contributed by atoms with Gasteiger partial charge in [-0.3, -0.25) is 9.36 Å². The Morgan fingerprint density at radius 3 is 2.82 bits per heavy atom. The van der Waals surface area contributed by atoms with Crippen molar-refractivity contribution in [3.8, 4) is 0 Å².